The Hall–Kier alpha value is -3.72. The van der Waals surface area contributed by atoms with Gasteiger partial charge in [0.1, 0.15) is 23.0 Å². The highest BCUT2D eigenvalue weighted by molar-refractivity contribution is 8.18. The lowest BCUT2D eigenvalue weighted by Gasteiger charge is -2.02. The van der Waals surface area contributed by atoms with Crippen molar-refractivity contribution in [1.29, 1.82) is 0 Å². The molecule has 1 aliphatic heterocycles. The summed E-state index contributed by atoms with van der Waals surface area (Å²) in [5.41, 5.74) is 1.51. The van der Waals surface area contributed by atoms with Gasteiger partial charge in [0, 0.05) is 23.8 Å². The molecule has 1 amide bonds. The fourth-order valence-electron chi connectivity index (χ4n) is 2.83. The van der Waals surface area contributed by atoms with Crippen molar-refractivity contribution in [2.24, 2.45) is 4.99 Å². The molecule has 1 aliphatic rings. The fraction of sp³-hybridized carbons (Fsp3) is 0.0476. The van der Waals surface area contributed by atoms with E-state index in [1.54, 1.807) is 36.4 Å². The second kappa shape index (κ2) is 7.96. The van der Waals surface area contributed by atoms with Crippen LogP contribution in [-0.4, -0.2) is 16.0 Å². The largest absolute Gasteiger partial charge is 0.457 e. The van der Waals surface area contributed by atoms with Crippen LogP contribution in [0.4, 0.5) is 15.8 Å². The molecule has 1 saturated heterocycles. The number of halogens is 1. The monoisotopic (exact) mass is 423 g/mol. The maximum atomic E-state index is 13.8. The Morgan fingerprint density at radius 2 is 2.00 bits per heavy atom. The zero-order valence-electron chi connectivity index (χ0n) is 15.6. The van der Waals surface area contributed by atoms with E-state index in [9.17, 15) is 19.3 Å². The van der Waals surface area contributed by atoms with Crippen LogP contribution in [0, 0.1) is 22.9 Å². The minimum atomic E-state index is -0.486. The van der Waals surface area contributed by atoms with Crippen LogP contribution in [0.3, 0.4) is 0 Å². The van der Waals surface area contributed by atoms with Crippen LogP contribution in [0.15, 0.2) is 68.9 Å². The Labute approximate surface area is 174 Å². The lowest BCUT2D eigenvalue weighted by Crippen LogP contribution is -2.19. The minimum absolute atomic E-state index is 0.0355. The van der Waals surface area contributed by atoms with E-state index in [1.165, 1.54) is 24.3 Å². The van der Waals surface area contributed by atoms with Crippen LogP contribution < -0.4 is 5.32 Å². The molecule has 3 aromatic rings. The van der Waals surface area contributed by atoms with Crippen molar-refractivity contribution in [1.82, 2.24) is 5.32 Å². The molecule has 1 aromatic heterocycles. The summed E-state index contributed by atoms with van der Waals surface area (Å²) < 4.78 is 19.5. The lowest BCUT2D eigenvalue weighted by molar-refractivity contribution is -0.384. The smallest absolute Gasteiger partial charge is 0.270 e. The number of aryl methyl sites for hydroxylation is 1. The summed E-state index contributed by atoms with van der Waals surface area (Å²) in [7, 11) is 0. The van der Waals surface area contributed by atoms with Crippen LogP contribution in [0.1, 0.15) is 11.3 Å². The first-order valence-electron chi connectivity index (χ1n) is 8.80. The quantitative estimate of drug-likeness (QED) is 0.354. The number of thioether (sulfide) groups is 1. The molecule has 0 saturated carbocycles. The molecule has 1 N–H and O–H groups in total. The number of hydrogen-bond acceptors (Lipinski definition) is 6. The normalized spacial score (nSPS) is 16.3. The summed E-state index contributed by atoms with van der Waals surface area (Å²) in [4.78, 5) is 27.3. The maximum absolute atomic E-state index is 13.8. The second-order valence-electron chi connectivity index (χ2n) is 6.39. The molecule has 30 heavy (non-hydrogen) atoms. The zero-order chi connectivity index (χ0) is 21.3. The number of carbonyl (C=O) groups excluding carboxylic acids is 1. The molecule has 1 fully saturated rings. The third kappa shape index (κ3) is 4.01. The van der Waals surface area contributed by atoms with Crippen LogP contribution in [0.2, 0.25) is 0 Å². The van der Waals surface area contributed by atoms with Crippen LogP contribution in [0.5, 0.6) is 0 Å². The number of nitro groups is 1. The molecule has 0 aliphatic carbocycles. The predicted molar refractivity (Wildman–Crippen MR) is 113 cm³/mol. The van der Waals surface area contributed by atoms with Gasteiger partial charge in [0.05, 0.1) is 9.83 Å². The number of non-ortho nitro benzene ring substituents is 1. The summed E-state index contributed by atoms with van der Waals surface area (Å²) >= 11 is 1.07. The number of amides is 1. The van der Waals surface area contributed by atoms with Crippen LogP contribution in [0.25, 0.3) is 17.4 Å². The number of amidine groups is 1. The van der Waals surface area contributed by atoms with Crippen LogP contribution >= 0.6 is 11.8 Å². The number of hydrogen-bond donors (Lipinski definition) is 1. The first-order valence-corrected chi connectivity index (χ1v) is 9.62. The molecule has 7 nitrogen and oxygen atoms in total. The SMILES string of the molecule is Cc1ccc([N+](=O)[O-])cc1-c1ccc(/C=C2\SC(=Nc3ccccc3F)NC2=O)o1. The topological polar surface area (TPSA) is 97.7 Å². The van der Waals surface area contributed by atoms with Crippen molar-refractivity contribution in [3.05, 3.63) is 86.8 Å². The van der Waals surface area contributed by atoms with Gasteiger partial charge in [-0.25, -0.2) is 9.38 Å². The Morgan fingerprint density at radius 3 is 2.77 bits per heavy atom. The molecular formula is C21H14FN3O4S. The highest BCUT2D eigenvalue weighted by Crippen LogP contribution is 2.32. The van der Waals surface area contributed by atoms with E-state index in [2.05, 4.69) is 10.3 Å². The number of para-hydroxylation sites is 1. The van der Waals surface area contributed by atoms with E-state index < -0.39 is 10.7 Å². The maximum Gasteiger partial charge on any atom is 0.270 e. The van der Waals surface area contributed by atoms with Gasteiger partial charge < -0.3 is 9.73 Å². The highest BCUT2D eigenvalue weighted by atomic mass is 32.2. The molecular weight excluding hydrogens is 409 g/mol. The first-order chi connectivity index (χ1) is 14.4. The summed E-state index contributed by atoms with van der Waals surface area (Å²) in [5, 5.41) is 13.9. The lowest BCUT2D eigenvalue weighted by atomic mass is 10.1. The molecule has 0 radical (unpaired) electrons. The molecule has 9 heteroatoms. The van der Waals surface area contributed by atoms with Crippen molar-refractivity contribution >= 4 is 40.3 Å². The number of benzene rings is 2. The van der Waals surface area contributed by atoms with Crippen molar-refractivity contribution in [2.45, 2.75) is 6.92 Å². The molecule has 0 atom stereocenters. The number of nitro benzene ring substituents is 1. The van der Waals surface area contributed by atoms with E-state index >= 15 is 0 Å². The number of aliphatic imine (C=N–C) groups is 1. The zero-order valence-corrected chi connectivity index (χ0v) is 16.4. The number of rotatable bonds is 4. The fourth-order valence-corrected chi connectivity index (χ4v) is 3.64. The Bertz CT molecular complexity index is 1230. The Kier molecular flexibility index (Phi) is 5.20. The van der Waals surface area contributed by atoms with E-state index in [0.29, 0.717) is 22.0 Å². The average molecular weight is 423 g/mol. The first kappa shape index (κ1) is 19.6. The van der Waals surface area contributed by atoms with Crippen molar-refractivity contribution in [3.8, 4) is 11.3 Å². The van der Waals surface area contributed by atoms with Gasteiger partial charge in [-0.05, 0) is 48.5 Å². The number of furan rings is 1. The third-order valence-electron chi connectivity index (χ3n) is 4.32. The summed E-state index contributed by atoms with van der Waals surface area (Å²) in [5.74, 6) is -0.00718. The molecule has 2 heterocycles. The summed E-state index contributed by atoms with van der Waals surface area (Å²) in [6, 6.07) is 13.9. The van der Waals surface area contributed by atoms with E-state index in [0.717, 1.165) is 17.3 Å². The molecule has 0 bridgehead atoms. The summed E-state index contributed by atoms with van der Waals surface area (Å²) in [6.45, 7) is 1.82. The van der Waals surface area contributed by atoms with Gasteiger partial charge in [0.2, 0.25) is 0 Å². The third-order valence-corrected chi connectivity index (χ3v) is 5.23. The van der Waals surface area contributed by atoms with Gasteiger partial charge in [0.25, 0.3) is 11.6 Å². The van der Waals surface area contributed by atoms with Crippen molar-refractivity contribution in [3.63, 3.8) is 0 Å². The van der Waals surface area contributed by atoms with Gasteiger partial charge in [-0.1, -0.05) is 18.2 Å². The number of nitrogens with zero attached hydrogens (tertiary/aromatic N) is 2. The van der Waals surface area contributed by atoms with Gasteiger partial charge in [0.15, 0.2) is 5.17 Å². The van der Waals surface area contributed by atoms with Gasteiger partial charge in [-0.2, -0.15) is 0 Å². The van der Waals surface area contributed by atoms with Gasteiger partial charge >= 0.3 is 0 Å². The highest BCUT2D eigenvalue weighted by Gasteiger charge is 2.25. The molecule has 2 aromatic carbocycles. The molecule has 0 unspecified atom stereocenters. The van der Waals surface area contributed by atoms with Crippen molar-refractivity contribution in [2.75, 3.05) is 0 Å². The predicted octanol–water partition coefficient (Wildman–Crippen LogP) is 5.19. The Balaban J connectivity index is 1.59. The molecule has 4 rings (SSSR count). The standard InChI is InChI=1S/C21H14FN3O4S/c1-12-6-7-13(25(27)28)10-15(12)18-9-8-14(29-18)11-19-20(26)24-21(30-19)23-17-5-3-2-4-16(17)22/h2-11H,1H3,(H,23,24,26)/b19-11-. The number of carbonyl (C=O) groups is 1. The van der Waals surface area contributed by atoms with E-state index in [4.69, 9.17) is 4.42 Å². The van der Waals surface area contributed by atoms with Crippen molar-refractivity contribution < 1.29 is 18.5 Å². The molecule has 0 spiro atoms. The Morgan fingerprint density at radius 1 is 1.20 bits per heavy atom. The molecule has 150 valence electrons. The van der Waals surface area contributed by atoms with Crippen LogP contribution in [-0.2, 0) is 4.79 Å². The number of nitrogens with one attached hydrogen (secondary N) is 1. The van der Waals surface area contributed by atoms with E-state index in [1.807, 2.05) is 6.92 Å². The second-order valence-corrected chi connectivity index (χ2v) is 7.42. The summed E-state index contributed by atoms with van der Waals surface area (Å²) in [6.07, 6.45) is 1.54. The van der Waals surface area contributed by atoms with Gasteiger partial charge in [-0.3, -0.25) is 14.9 Å². The minimum Gasteiger partial charge on any atom is -0.457 e. The van der Waals surface area contributed by atoms with Gasteiger partial charge in [-0.15, -0.1) is 0 Å². The van der Waals surface area contributed by atoms with E-state index in [-0.39, 0.29) is 22.4 Å². The average Bonchev–Trinajstić information content (AvgIpc) is 3.31.